The average Bonchev–Trinajstić information content (AvgIpc) is 2.46. The number of rotatable bonds is 10. The van der Waals surface area contributed by atoms with Crippen LogP contribution < -0.4 is 10.1 Å². The standard InChI is InChI=1S/C16H27NO2S/c1-4-8-17-11-14-5-6-16(19-3)15(10-14)12-20-13(2)7-9-18/h5-6,10,13,17-18H,4,7-9,11-12H2,1-3H3. The lowest BCUT2D eigenvalue weighted by molar-refractivity contribution is 0.289. The van der Waals surface area contributed by atoms with Crippen LogP contribution in [0, 0.1) is 0 Å². The van der Waals surface area contributed by atoms with Crippen molar-refractivity contribution in [1.29, 1.82) is 0 Å². The number of ether oxygens (including phenoxy) is 1. The van der Waals surface area contributed by atoms with Gasteiger partial charge in [-0.1, -0.05) is 19.9 Å². The highest BCUT2D eigenvalue weighted by Gasteiger charge is 2.08. The van der Waals surface area contributed by atoms with Crippen molar-refractivity contribution in [1.82, 2.24) is 5.32 Å². The number of thioether (sulfide) groups is 1. The Hall–Kier alpha value is -0.710. The number of nitrogens with one attached hydrogen (secondary N) is 1. The number of hydrogen-bond acceptors (Lipinski definition) is 4. The summed E-state index contributed by atoms with van der Waals surface area (Å²) in [4.78, 5) is 0. The Labute approximate surface area is 127 Å². The molecule has 4 heteroatoms. The molecule has 0 bridgehead atoms. The highest BCUT2D eigenvalue weighted by molar-refractivity contribution is 7.99. The molecule has 0 saturated carbocycles. The molecule has 1 aromatic rings. The van der Waals surface area contributed by atoms with E-state index in [1.165, 1.54) is 11.1 Å². The summed E-state index contributed by atoms with van der Waals surface area (Å²) in [5.74, 6) is 1.87. The molecule has 20 heavy (non-hydrogen) atoms. The van der Waals surface area contributed by atoms with Crippen molar-refractivity contribution in [3.8, 4) is 5.75 Å². The van der Waals surface area contributed by atoms with Gasteiger partial charge in [-0.2, -0.15) is 11.8 Å². The molecule has 0 heterocycles. The quantitative estimate of drug-likeness (QED) is 0.651. The van der Waals surface area contributed by atoms with Crippen molar-refractivity contribution in [3.63, 3.8) is 0 Å². The van der Waals surface area contributed by atoms with E-state index in [0.29, 0.717) is 5.25 Å². The molecule has 0 aromatic heterocycles. The van der Waals surface area contributed by atoms with Gasteiger partial charge in [0, 0.05) is 29.7 Å². The fourth-order valence-corrected chi connectivity index (χ4v) is 2.92. The van der Waals surface area contributed by atoms with Gasteiger partial charge >= 0.3 is 0 Å². The molecule has 1 atom stereocenters. The molecule has 1 rings (SSSR count). The fraction of sp³-hybridized carbons (Fsp3) is 0.625. The van der Waals surface area contributed by atoms with E-state index < -0.39 is 0 Å². The summed E-state index contributed by atoms with van der Waals surface area (Å²) >= 11 is 1.86. The molecule has 0 aliphatic carbocycles. The van der Waals surface area contributed by atoms with E-state index in [-0.39, 0.29) is 6.61 Å². The van der Waals surface area contributed by atoms with E-state index in [4.69, 9.17) is 9.84 Å². The Kier molecular flexibility index (Phi) is 8.74. The maximum absolute atomic E-state index is 8.95. The van der Waals surface area contributed by atoms with Gasteiger partial charge in [-0.15, -0.1) is 0 Å². The molecule has 1 unspecified atom stereocenters. The first-order valence-electron chi connectivity index (χ1n) is 7.30. The van der Waals surface area contributed by atoms with Crippen LogP contribution in [-0.2, 0) is 12.3 Å². The van der Waals surface area contributed by atoms with Gasteiger partial charge in [0.1, 0.15) is 5.75 Å². The molecule has 0 radical (unpaired) electrons. The molecule has 0 fully saturated rings. The smallest absolute Gasteiger partial charge is 0.122 e. The van der Waals surface area contributed by atoms with Crippen LogP contribution in [-0.4, -0.2) is 30.6 Å². The third kappa shape index (κ3) is 6.16. The summed E-state index contributed by atoms with van der Waals surface area (Å²) in [5, 5.41) is 12.8. The third-order valence-corrected chi connectivity index (χ3v) is 4.44. The zero-order valence-corrected chi connectivity index (χ0v) is 13.6. The predicted octanol–water partition coefficient (Wildman–Crippen LogP) is 3.20. The summed E-state index contributed by atoms with van der Waals surface area (Å²) in [6.07, 6.45) is 1.99. The lowest BCUT2D eigenvalue weighted by atomic mass is 10.1. The van der Waals surface area contributed by atoms with E-state index in [2.05, 4.69) is 37.4 Å². The van der Waals surface area contributed by atoms with E-state index in [9.17, 15) is 0 Å². The second-order valence-electron chi connectivity index (χ2n) is 4.96. The zero-order valence-electron chi connectivity index (χ0n) is 12.8. The van der Waals surface area contributed by atoms with Crippen molar-refractivity contribution >= 4 is 11.8 Å². The number of aliphatic hydroxyl groups is 1. The summed E-state index contributed by atoms with van der Waals surface area (Å²) in [6, 6.07) is 6.39. The number of benzene rings is 1. The molecular weight excluding hydrogens is 270 g/mol. The SMILES string of the molecule is CCCNCc1ccc(OC)c(CSC(C)CCO)c1. The average molecular weight is 297 g/mol. The molecule has 0 spiro atoms. The van der Waals surface area contributed by atoms with Crippen LogP contribution in [0.25, 0.3) is 0 Å². The summed E-state index contributed by atoms with van der Waals surface area (Å²) in [7, 11) is 1.72. The first-order valence-corrected chi connectivity index (χ1v) is 8.35. The molecule has 3 nitrogen and oxygen atoms in total. The minimum atomic E-state index is 0.256. The first kappa shape index (κ1) is 17.3. The van der Waals surface area contributed by atoms with Gasteiger partial charge in [0.15, 0.2) is 0 Å². The van der Waals surface area contributed by atoms with Crippen molar-refractivity contribution in [2.45, 2.75) is 44.2 Å². The molecule has 0 aliphatic heterocycles. The number of hydrogen-bond donors (Lipinski definition) is 2. The maximum atomic E-state index is 8.95. The van der Waals surface area contributed by atoms with Crippen molar-refractivity contribution in [2.75, 3.05) is 20.3 Å². The van der Waals surface area contributed by atoms with E-state index in [1.807, 2.05) is 11.8 Å². The van der Waals surface area contributed by atoms with Crippen LogP contribution in [0.4, 0.5) is 0 Å². The van der Waals surface area contributed by atoms with Gasteiger partial charge in [-0.3, -0.25) is 0 Å². The van der Waals surface area contributed by atoms with Crippen molar-refractivity contribution in [2.24, 2.45) is 0 Å². The number of aliphatic hydroxyl groups excluding tert-OH is 1. The van der Waals surface area contributed by atoms with Crippen LogP contribution in [0.5, 0.6) is 5.75 Å². The van der Waals surface area contributed by atoms with Crippen molar-refractivity contribution < 1.29 is 9.84 Å². The van der Waals surface area contributed by atoms with E-state index in [0.717, 1.165) is 37.4 Å². The monoisotopic (exact) mass is 297 g/mol. The van der Waals surface area contributed by atoms with Gasteiger partial charge in [0.25, 0.3) is 0 Å². The maximum Gasteiger partial charge on any atom is 0.122 e. The Morgan fingerprint density at radius 3 is 2.85 bits per heavy atom. The van der Waals surface area contributed by atoms with Gasteiger partial charge in [-0.05, 0) is 37.1 Å². The minimum absolute atomic E-state index is 0.256. The molecular formula is C16H27NO2S. The zero-order chi connectivity index (χ0) is 14.8. The molecule has 0 aliphatic rings. The highest BCUT2D eigenvalue weighted by atomic mass is 32.2. The van der Waals surface area contributed by atoms with E-state index in [1.54, 1.807) is 7.11 Å². The molecule has 0 amide bonds. The largest absolute Gasteiger partial charge is 0.496 e. The Morgan fingerprint density at radius 1 is 1.40 bits per heavy atom. The van der Waals surface area contributed by atoms with Gasteiger partial charge < -0.3 is 15.2 Å². The highest BCUT2D eigenvalue weighted by Crippen LogP contribution is 2.27. The van der Waals surface area contributed by atoms with Gasteiger partial charge in [0.05, 0.1) is 7.11 Å². The Bertz CT molecular complexity index is 385. The van der Waals surface area contributed by atoms with E-state index >= 15 is 0 Å². The van der Waals surface area contributed by atoms with Crippen LogP contribution in [0.15, 0.2) is 18.2 Å². The first-order chi connectivity index (χ1) is 9.71. The predicted molar refractivity (Wildman–Crippen MR) is 87.5 cm³/mol. The van der Waals surface area contributed by atoms with Gasteiger partial charge in [0.2, 0.25) is 0 Å². The lowest BCUT2D eigenvalue weighted by Crippen LogP contribution is -2.14. The molecule has 0 saturated heterocycles. The van der Waals surface area contributed by atoms with Crippen LogP contribution in [0.3, 0.4) is 0 Å². The molecule has 2 N–H and O–H groups in total. The van der Waals surface area contributed by atoms with Crippen molar-refractivity contribution in [3.05, 3.63) is 29.3 Å². The van der Waals surface area contributed by atoms with Gasteiger partial charge in [-0.25, -0.2) is 0 Å². The van der Waals surface area contributed by atoms with Crippen LogP contribution in [0.2, 0.25) is 0 Å². The summed E-state index contributed by atoms with van der Waals surface area (Å²) in [6.45, 7) is 6.53. The van der Waals surface area contributed by atoms with Crippen LogP contribution in [0.1, 0.15) is 37.8 Å². The third-order valence-electron chi connectivity index (χ3n) is 3.16. The Balaban J connectivity index is 2.63. The summed E-state index contributed by atoms with van der Waals surface area (Å²) in [5.41, 5.74) is 2.53. The second kappa shape index (κ2) is 10.1. The Morgan fingerprint density at radius 2 is 2.20 bits per heavy atom. The second-order valence-corrected chi connectivity index (χ2v) is 6.38. The lowest BCUT2D eigenvalue weighted by Gasteiger charge is -2.14. The normalized spacial score (nSPS) is 12.4. The van der Waals surface area contributed by atoms with Crippen LogP contribution >= 0.6 is 11.8 Å². The molecule has 114 valence electrons. The minimum Gasteiger partial charge on any atom is -0.496 e. The number of methoxy groups -OCH3 is 1. The fourth-order valence-electron chi connectivity index (χ4n) is 1.96. The topological polar surface area (TPSA) is 41.5 Å². The molecule has 1 aromatic carbocycles. The summed E-state index contributed by atoms with van der Waals surface area (Å²) < 4.78 is 5.44.